The molecule has 0 aliphatic carbocycles. The first-order valence-corrected chi connectivity index (χ1v) is 4.28. The normalized spacial score (nSPS) is 9.73. The number of carboxylic acid groups (broad SMARTS) is 1. The van der Waals surface area contributed by atoms with E-state index in [1.165, 1.54) is 0 Å². The number of carbonyl (C=O) groups is 1. The van der Waals surface area contributed by atoms with Crippen LogP contribution in [0.15, 0.2) is 30.3 Å². The zero-order chi connectivity index (χ0) is 10.6. The summed E-state index contributed by atoms with van der Waals surface area (Å²) in [5.41, 5.74) is 1.98. The van der Waals surface area contributed by atoms with Crippen LogP contribution < -0.4 is 4.90 Å². The standard InChI is InChI=1S/C11H13NO2.Na/c1-12(2)10-6-3-9(4-7-10)5-8-11(13)14;/h3-8H,1-2H3,(H,13,14);. The fourth-order valence-corrected chi connectivity index (χ4v) is 1.05. The third kappa shape index (κ3) is 5.02. The smallest absolute Gasteiger partial charge is 0.328 e. The van der Waals surface area contributed by atoms with Gasteiger partial charge in [0.25, 0.3) is 0 Å². The van der Waals surface area contributed by atoms with Gasteiger partial charge in [0.05, 0.1) is 0 Å². The first-order valence-electron chi connectivity index (χ1n) is 4.28. The van der Waals surface area contributed by atoms with Gasteiger partial charge in [0.15, 0.2) is 0 Å². The first-order chi connectivity index (χ1) is 6.59. The summed E-state index contributed by atoms with van der Waals surface area (Å²) < 4.78 is 0. The Morgan fingerprint density at radius 2 is 1.80 bits per heavy atom. The summed E-state index contributed by atoms with van der Waals surface area (Å²) in [6.07, 6.45) is 2.70. The summed E-state index contributed by atoms with van der Waals surface area (Å²) in [4.78, 5) is 12.2. The average molecular weight is 214 g/mol. The molecule has 75 valence electrons. The van der Waals surface area contributed by atoms with Crippen LogP contribution in [-0.2, 0) is 4.79 Å². The molecule has 1 rings (SSSR count). The van der Waals surface area contributed by atoms with Crippen LogP contribution in [0.3, 0.4) is 0 Å². The van der Waals surface area contributed by atoms with E-state index in [4.69, 9.17) is 5.11 Å². The van der Waals surface area contributed by atoms with Gasteiger partial charge in [-0.2, -0.15) is 0 Å². The molecule has 0 bridgehead atoms. The molecule has 0 saturated carbocycles. The Morgan fingerprint density at radius 1 is 1.27 bits per heavy atom. The van der Waals surface area contributed by atoms with Crippen LogP contribution in [0.4, 0.5) is 5.69 Å². The molecule has 0 spiro atoms. The maximum Gasteiger partial charge on any atom is 0.328 e. The minimum atomic E-state index is -0.929. The van der Waals surface area contributed by atoms with Crippen molar-refractivity contribution in [3.05, 3.63) is 35.9 Å². The van der Waals surface area contributed by atoms with Crippen LogP contribution in [0, 0.1) is 0 Å². The molecule has 0 aliphatic heterocycles. The van der Waals surface area contributed by atoms with Gasteiger partial charge in [-0.25, -0.2) is 4.79 Å². The zero-order valence-corrected chi connectivity index (χ0v) is 11.3. The average Bonchev–Trinajstić information content (AvgIpc) is 2.15. The Morgan fingerprint density at radius 3 is 2.20 bits per heavy atom. The van der Waals surface area contributed by atoms with Crippen LogP contribution in [0.1, 0.15) is 5.56 Å². The predicted octanol–water partition coefficient (Wildman–Crippen LogP) is 1.47. The number of hydrogen-bond acceptors (Lipinski definition) is 2. The van der Waals surface area contributed by atoms with E-state index in [0.717, 1.165) is 17.3 Å². The van der Waals surface area contributed by atoms with Crippen molar-refractivity contribution in [2.75, 3.05) is 19.0 Å². The maximum absolute atomic E-state index is 10.3. The molecule has 1 aromatic carbocycles. The predicted molar refractivity (Wildman–Crippen MR) is 63.2 cm³/mol. The molecule has 0 saturated heterocycles. The molecular weight excluding hydrogens is 201 g/mol. The topological polar surface area (TPSA) is 40.5 Å². The fraction of sp³-hybridized carbons (Fsp3) is 0.182. The van der Waals surface area contributed by atoms with Crippen molar-refractivity contribution < 1.29 is 9.90 Å². The van der Waals surface area contributed by atoms with Crippen molar-refractivity contribution in [3.63, 3.8) is 0 Å². The van der Waals surface area contributed by atoms with Gasteiger partial charge < -0.3 is 10.0 Å². The van der Waals surface area contributed by atoms with E-state index in [9.17, 15) is 4.79 Å². The second-order valence-electron chi connectivity index (χ2n) is 3.16. The van der Waals surface area contributed by atoms with E-state index >= 15 is 0 Å². The van der Waals surface area contributed by atoms with Crippen molar-refractivity contribution in [1.82, 2.24) is 0 Å². The van der Waals surface area contributed by atoms with Gasteiger partial charge >= 0.3 is 5.97 Å². The summed E-state index contributed by atoms with van der Waals surface area (Å²) in [5, 5.41) is 8.42. The van der Waals surface area contributed by atoms with Gasteiger partial charge in [-0.05, 0) is 23.8 Å². The van der Waals surface area contributed by atoms with E-state index in [0.29, 0.717) is 0 Å². The first kappa shape index (κ1) is 14.2. The Hall–Kier alpha value is -0.770. The number of nitrogens with zero attached hydrogens (tertiary/aromatic N) is 1. The molecule has 0 heterocycles. The quantitative estimate of drug-likeness (QED) is 0.612. The molecule has 1 N–H and O–H groups in total. The third-order valence-electron chi connectivity index (χ3n) is 1.83. The van der Waals surface area contributed by atoms with Gasteiger partial charge in [0.1, 0.15) is 0 Å². The van der Waals surface area contributed by atoms with Crippen molar-refractivity contribution in [3.8, 4) is 0 Å². The molecule has 0 aromatic heterocycles. The molecule has 3 nitrogen and oxygen atoms in total. The van der Waals surface area contributed by atoms with Gasteiger partial charge in [-0.3, -0.25) is 0 Å². The van der Waals surface area contributed by atoms with Gasteiger partial charge in [0.2, 0.25) is 0 Å². The number of benzene rings is 1. The van der Waals surface area contributed by atoms with Crippen LogP contribution in [0.5, 0.6) is 0 Å². The summed E-state index contributed by atoms with van der Waals surface area (Å²) in [7, 11) is 3.92. The van der Waals surface area contributed by atoms with Gasteiger partial charge in [0, 0.05) is 55.4 Å². The monoisotopic (exact) mass is 214 g/mol. The minimum absolute atomic E-state index is 0. The van der Waals surface area contributed by atoms with E-state index in [1.807, 2.05) is 43.3 Å². The van der Waals surface area contributed by atoms with E-state index in [-0.39, 0.29) is 29.6 Å². The Labute approximate surface area is 112 Å². The van der Waals surface area contributed by atoms with Crippen molar-refractivity contribution >= 4 is 47.3 Å². The summed E-state index contributed by atoms with van der Waals surface area (Å²) in [6.45, 7) is 0. The van der Waals surface area contributed by atoms with Crippen LogP contribution in [0.2, 0.25) is 0 Å². The second-order valence-corrected chi connectivity index (χ2v) is 3.16. The molecule has 1 radical (unpaired) electrons. The van der Waals surface area contributed by atoms with E-state index in [1.54, 1.807) is 6.08 Å². The van der Waals surface area contributed by atoms with Gasteiger partial charge in [-0.15, -0.1) is 0 Å². The number of aliphatic carboxylic acids is 1. The molecule has 15 heavy (non-hydrogen) atoms. The maximum atomic E-state index is 10.3. The summed E-state index contributed by atoms with van der Waals surface area (Å²) in [6, 6.07) is 7.66. The molecule has 0 fully saturated rings. The molecular formula is C11H13NNaO2. The fourth-order valence-electron chi connectivity index (χ4n) is 1.05. The van der Waals surface area contributed by atoms with Crippen LogP contribution >= 0.6 is 0 Å². The second kappa shape index (κ2) is 6.67. The number of carboxylic acids is 1. The number of hydrogen-bond donors (Lipinski definition) is 1. The Kier molecular flexibility index (Phi) is 6.32. The van der Waals surface area contributed by atoms with Crippen molar-refractivity contribution in [2.45, 2.75) is 0 Å². The van der Waals surface area contributed by atoms with Crippen molar-refractivity contribution in [1.29, 1.82) is 0 Å². The molecule has 0 atom stereocenters. The molecule has 4 heteroatoms. The van der Waals surface area contributed by atoms with Crippen LogP contribution in [0.25, 0.3) is 6.08 Å². The number of rotatable bonds is 3. The number of anilines is 1. The van der Waals surface area contributed by atoms with E-state index < -0.39 is 5.97 Å². The summed E-state index contributed by atoms with van der Waals surface area (Å²) >= 11 is 0. The molecule has 0 aliphatic rings. The SMILES string of the molecule is CN(C)c1ccc(C=CC(=O)O)cc1.[Na]. The Bertz CT molecular complexity index is 344. The van der Waals surface area contributed by atoms with Crippen LogP contribution in [-0.4, -0.2) is 54.7 Å². The summed E-state index contributed by atoms with van der Waals surface area (Å²) in [5.74, 6) is -0.929. The molecule has 0 unspecified atom stereocenters. The largest absolute Gasteiger partial charge is 0.478 e. The third-order valence-corrected chi connectivity index (χ3v) is 1.83. The zero-order valence-electron chi connectivity index (χ0n) is 9.27. The van der Waals surface area contributed by atoms with Crippen molar-refractivity contribution in [2.24, 2.45) is 0 Å². The Balaban J connectivity index is 0.00000196. The molecule has 1 aromatic rings. The molecule has 0 amide bonds. The van der Waals surface area contributed by atoms with E-state index in [2.05, 4.69) is 0 Å². The van der Waals surface area contributed by atoms with Gasteiger partial charge in [-0.1, -0.05) is 12.1 Å². The minimum Gasteiger partial charge on any atom is -0.478 e.